The number of nitrogens with zero attached hydrogens (tertiary/aromatic N) is 6. The van der Waals surface area contributed by atoms with Crippen LogP contribution in [0.1, 0.15) is 36.7 Å². The van der Waals surface area contributed by atoms with Gasteiger partial charge in [-0.25, -0.2) is 9.97 Å². The molecule has 8 nitrogen and oxygen atoms in total. The molecule has 0 saturated carbocycles. The van der Waals surface area contributed by atoms with Crippen molar-refractivity contribution >= 4 is 29.1 Å². The van der Waals surface area contributed by atoms with Gasteiger partial charge in [0.15, 0.2) is 0 Å². The molecule has 174 valence electrons. The average Bonchev–Trinajstić information content (AvgIpc) is 3.11. The number of nitrogens with one attached hydrogen (secondary N) is 1. The Balaban J connectivity index is 1.65. The predicted molar refractivity (Wildman–Crippen MR) is 132 cm³/mol. The number of amides is 1. The van der Waals surface area contributed by atoms with Crippen molar-refractivity contribution < 1.29 is 4.79 Å². The maximum absolute atomic E-state index is 12.9. The second-order valence-electron chi connectivity index (χ2n) is 8.67. The van der Waals surface area contributed by atoms with E-state index in [0.717, 1.165) is 54.0 Å². The summed E-state index contributed by atoms with van der Waals surface area (Å²) >= 11 is 6.28. The highest BCUT2D eigenvalue weighted by atomic mass is 35.5. The molecule has 1 atom stereocenters. The van der Waals surface area contributed by atoms with Gasteiger partial charge in [-0.1, -0.05) is 30.2 Å². The molecule has 0 spiro atoms. The number of aromatic nitrogens is 4. The third kappa shape index (κ3) is 5.17. The van der Waals surface area contributed by atoms with Crippen molar-refractivity contribution in [3.63, 3.8) is 0 Å². The zero-order chi connectivity index (χ0) is 23.5. The molecule has 0 radical (unpaired) electrons. The van der Waals surface area contributed by atoms with E-state index in [0.29, 0.717) is 11.0 Å². The lowest BCUT2D eigenvalue weighted by Crippen LogP contribution is -2.40. The number of rotatable bonds is 6. The lowest BCUT2D eigenvalue weighted by molar-refractivity contribution is -0.118. The van der Waals surface area contributed by atoms with E-state index < -0.39 is 0 Å². The third-order valence-corrected chi connectivity index (χ3v) is 6.36. The van der Waals surface area contributed by atoms with Crippen LogP contribution in [0.3, 0.4) is 0 Å². The van der Waals surface area contributed by atoms with Crippen LogP contribution in [-0.4, -0.2) is 57.7 Å². The van der Waals surface area contributed by atoms with Crippen molar-refractivity contribution in [1.29, 1.82) is 0 Å². The Labute approximate surface area is 199 Å². The van der Waals surface area contributed by atoms with Gasteiger partial charge in [-0.15, -0.1) is 0 Å². The van der Waals surface area contributed by atoms with E-state index in [4.69, 9.17) is 16.6 Å². The summed E-state index contributed by atoms with van der Waals surface area (Å²) in [4.78, 5) is 26.6. The van der Waals surface area contributed by atoms with Gasteiger partial charge in [0.25, 0.3) is 0 Å². The average molecular weight is 468 g/mol. The summed E-state index contributed by atoms with van der Waals surface area (Å²) in [5, 5.41) is 7.89. The number of carbonyl (C=O) groups is 1. The lowest BCUT2D eigenvalue weighted by Gasteiger charge is -2.36. The van der Waals surface area contributed by atoms with Crippen molar-refractivity contribution in [2.45, 2.75) is 32.2 Å². The molecule has 0 unspecified atom stereocenters. The highest BCUT2D eigenvalue weighted by Crippen LogP contribution is 2.36. The van der Waals surface area contributed by atoms with Crippen LogP contribution in [0, 0.1) is 6.92 Å². The fourth-order valence-corrected chi connectivity index (χ4v) is 4.41. The molecule has 33 heavy (non-hydrogen) atoms. The number of halogens is 1. The second kappa shape index (κ2) is 9.89. The number of hydrogen-bond acceptors (Lipinski definition) is 6. The maximum atomic E-state index is 12.9. The minimum Gasteiger partial charge on any atom is -0.347 e. The topological polar surface area (TPSA) is 79.2 Å². The van der Waals surface area contributed by atoms with Crippen LogP contribution in [0.15, 0.2) is 36.7 Å². The van der Waals surface area contributed by atoms with Crippen LogP contribution < -0.4 is 10.2 Å². The molecule has 1 aliphatic heterocycles. The van der Waals surface area contributed by atoms with Gasteiger partial charge in [-0.2, -0.15) is 5.10 Å². The zero-order valence-corrected chi connectivity index (χ0v) is 20.3. The van der Waals surface area contributed by atoms with E-state index in [1.54, 1.807) is 10.9 Å². The Morgan fingerprint density at radius 1 is 1.27 bits per heavy atom. The molecule has 0 bridgehead atoms. The normalized spacial score (nSPS) is 16.6. The Morgan fingerprint density at radius 2 is 2.09 bits per heavy atom. The smallest absolute Gasteiger partial charge is 0.238 e. The Bertz CT molecular complexity index is 1140. The van der Waals surface area contributed by atoms with E-state index in [2.05, 4.69) is 20.3 Å². The van der Waals surface area contributed by atoms with Crippen LogP contribution in [-0.2, 0) is 11.8 Å². The summed E-state index contributed by atoms with van der Waals surface area (Å²) in [7, 11) is 5.72. The minimum absolute atomic E-state index is 0.00942. The van der Waals surface area contributed by atoms with Crippen LogP contribution >= 0.6 is 11.6 Å². The predicted octanol–water partition coefficient (Wildman–Crippen LogP) is 4.07. The molecule has 1 aromatic carbocycles. The van der Waals surface area contributed by atoms with E-state index in [-0.39, 0.29) is 18.5 Å². The quantitative estimate of drug-likeness (QED) is 0.588. The molecule has 4 rings (SSSR count). The van der Waals surface area contributed by atoms with Crippen molar-refractivity contribution in [3.05, 3.63) is 53.1 Å². The molecular weight excluding hydrogens is 438 g/mol. The molecule has 1 fully saturated rings. The van der Waals surface area contributed by atoms with Crippen LogP contribution in [0.4, 0.5) is 11.6 Å². The summed E-state index contributed by atoms with van der Waals surface area (Å²) in [6.07, 6.45) is 6.62. The van der Waals surface area contributed by atoms with E-state index in [9.17, 15) is 4.79 Å². The first kappa shape index (κ1) is 23.2. The molecule has 9 heteroatoms. The number of carbonyl (C=O) groups excluding carboxylic acids is 1. The first-order chi connectivity index (χ1) is 15.8. The first-order valence-electron chi connectivity index (χ1n) is 11.2. The van der Waals surface area contributed by atoms with Crippen LogP contribution in [0.5, 0.6) is 0 Å². The van der Waals surface area contributed by atoms with Gasteiger partial charge in [0.2, 0.25) is 11.9 Å². The standard InChI is InChI=1S/C24H30ClN7O/c1-16-20(14-27-31(16)4)28-22(33)15-32-11-6-5-10-21(32)23-19(13-26-24(29-23)30(2)3)17-8-7-9-18(25)12-17/h7-9,12-14,21H,5-6,10-11,15H2,1-4H3,(H,28,33)/t21-/m1/s1. The second-order valence-corrected chi connectivity index (χ2v) is 9.11. The Hall–Kier alpha value is -2.97. The molecule has 1 saturated heterocycles. The summed E-state index contributed by atoms with van der Waals surface area (Å²) in [5.41, 5.74) is 4.52. The number of hydrogen-bond donors (Lipinski definition) is 1. The fourth-order valence-electron chi connectivity index (χ4n) is 4.22. The molecule has 1 aliphatic rings. The van der Waals surface area contributed by atoms with Crippen LogP contribution in [0.25, 0.3) is 11.1 Å². The number of benzene rings is 1. The van der Waals surface area contributed by atoms with E-state index >= 15 is 0 Å². The fraction of sp³-hybridized carbons (Fsp3) is 0.417. The molecule has 3 aromatic rings. The monoisotopic (exact) mass is 467 g/mol. The number of likely N-dealkylation sites (tertiary alicyclic amines) is 1. The summed E-state index contributed by atoms with van der Waals surface area (Å²) < 4.78 is 1.75. The maximum Gasteiger partial charge on any atom is 0.238 e. The van der Waals surface area contributed by atoms with Gasteiger partial charge in [0.05, 0.1) is 35.9 Å². The molecule has 1 amide bonds. The summed E-state index contributed by atoms with van der Waals surface area (Å²) in [5.74, 6) is 0.598. The van der Waals surface area contributed by atoms with Gasteiger partial charge in [-0.3, -0.25) is 14.4 Å². The number of anilines is 2. The lowest BCUT2D eigenvalue weighted by atomic mass is 9.94. The highest BCUT2D eigenvalue weighted by Gasteiger charge is 2.30. The van der Waals surface area contributed by atoms with Crippen molar-refractivity contribution in [2.75, 3.05) is 37.4 Å². The molecule has 3 heterocycles. The zero-order valence-electron chi connectivity index (χ0n) is 19.5. The first-order valence-corrected chi connectivity index (χ1v) is 11.5. The summed E-state index contributed by atoms with van der Waals surface area (Å²) in [6.45, 7) is 3.06. The Morgan fingerprint density at radius 3 is 2.79 bits per heavy atom. The van der Waals surface area contributed by atoms with Gasteiger partial charge >= 0.3 is 0 Å². The highest BCUT2D eigenvalue weighted by molar-refractivity contribution is 6.30. The molecular formula is C24H30ClN7O. The summed E-state index contributed by atoms with van der Waals surface area (Å²) in [6, 6.07) is 7.76. The molecule has 2 aromatic heterocycles. The van der Waals surface area contributed by atoms with Gasteiger partial charge in [0, 0.05) is 37.9 Å². The molecule has 1 N–H and O–H groups in total. The third-order valence-electron chi connectivity index (χ3n) is 6.13. The Kier molecular flexibility index (Phi) is 6.95. The van der Waals surface area contributed by atoms with Gasteiger partial charge in [-0.05, 0) is 44.0 Å². The molecule has 0 aliphatic carbocycles. The number of piperidine rings is 1. The minimum atomic E-state index is -0.0517. The largest absolute Gasteiger partial charge is 0.347 e. The van der Waals surface area contributed by atoms with Crippen molar-refractivity contribution in [2.24, 2.45) is 7.05 Å². The van der Waals surface area contributed by atoms with Gasteiger partial charge in [0.1, 0.15) is 0 Å². The van der Waals surface area contributed by atoms with Crippen LogP contribution in [0.2, 0.25) is 5.02 Å². The SMILES string of the molecule is Cc1c(NC(=O)CN2CCCC[C@@H]2c2nc(N(C)C)ncc2-c2cccc(Cl)c2)cnn1C. The van der Waals surface area contributed by atoms with Crippen molar-refractivity contribution in [3.8, 4) is 11.1 Å². The van der Waals surface area contributed by atoms with Gasteiger partial charge < -0.3 is 10.2 Å². The van der Waals surface area contributed by atoms with E-state index in [1.165, 1.54) is 0 Å². The van der Waals surface area contributed by atoms with Crippen molar-refractivity contribution in [1.82, 2.24) is 24.6 Å². The van der Waals surface area contributed by atoms with E-state index in [1.807, 2.05) is 63.4 Å². The number of aryl methyl sites for hydroxylation is 1.